The highest BCUT2D eigenvalue weighted by Crippen LogP contribution is 2.13. The molecule has 1 aliphatic rings. The number of carbonyl (C=O) groups is 1. The molecule has 2 N–H and O–H groups in total. The van der Waals surface area contributed by atoms with Crippen LogP contribution in [-0.4, -0.2) is 54.2 Å². The van der Waals surface area contributed by atoms with Gasteiger partial charge in [-0.05, 0) is 30.5 Å². The number of nitrogens with zero attached hydrogens (tertiary/aromatic N) is 2. The summed E-state index contributed by atoms with van der Waals surface area (Å²) in [5.74, 6) is 0.296. The van der Waals surface area contributed by atoms with Crippen LogP contribution in [0.15, 0.2) is 24.3 Å². The van der Waals surface area contributed by atoms with Crippen molar-refractivity contribution in [2.24, 2.45) is 0 Å². The third-order valence-corrected chi connectivity index (χ3v) is 3.68. The number of benzene rings is 1. The number of aromatic hydroxyl groups is 1. The summed E-state index contributed by atoms with van der Waals surface area (Å²) in [6.07, 6.45) is 1.97. The predicted molar refractivity (Wildman–Crippen MR) is 78.6 cm³/mol. The summed E-state index contributed by atoms with van der Waals surface area (Å²) in [7, 11) is 3.58. The van der Waals surface area contributed by atoms with Gasteiger partial charge >= 0.3 is 6.03 Å². The number of rotatable bonds is 3. The molecule has 0 saturated carbocycles. The number of nitrogens with one attached hydrogen (secondary N) is 1. The van der Waals surface area contributed by atoms with Crippen molar-refractivity contribution in [1.29, 1.82) is 0 Å². The fourth-order valence-electron chi connectivity index (χ4n) is 2.43. The van der Waals surface area contributed by atoms with Crippen LogP contribution >= 0.6 is 0 Å². The summed E-state index contributed by atoms with van der Waals surface area (Å²) < 4.78 is 0. The fraction of sp³-hybridized carbons (Fsp3) is 0.533. The van der Waals surface area contributed by atoms with E-state index in [9.17, 15) is 9.90 Å². The first-order chi connectivity index (χ1) is 9.56. The SMILES string of the molecule is CN(C)C(=O)N1CCC(NCc2ccc(O)cc2)CC1. The Balaban J connectivity index is 1.74. The molecule has 2 rings (SSSR count). The van der Waals surface area contributed by atoms with Gasteiger partial charge in [0, 0.05) is 39.8 Å². The molecular weight excluding hydrogens is 254 g/mol. The molecule has 0 aromatic heterocycles. The van der Waals surface area contributed by atoms with Crippen LogP contribution < -0.4 is 5.32 Å². The number of likely N-dealkylation sites (tertiary alicyclic amines) is 1. The van der Waals surface area contributed by atoms with E-state index < -0.39 is 0 Å². The van der Waals surface area contributed by atoms with Crippen LogP contribution in [0, 0.1) is 0 Å². The molecular formula is C15H23N3O2. The summed E-state index contributed by atoms with van der Waals surface area (Å²) in [6.45, 7) is 2.42. The first kappa shape index (κ1) is 14.7. The molecule has 20 heavy (non-hydrogen) atoms. The van der Waals surface area contributed by atoms with Gasteiger partial charge in [-0.25, -0.2) is 4.79 Å². The molecule has 5 heteroatoms. The smallest absolute Gasteiger partial charge is 0.319 e. The third-order valence-electron chi connectivity index (χ3n) is 3.68. The molecule has 2 amide bonds. The average molecular weight is 277 g/mol. The standard InChI is InChI=1S/C15H23N3O2/c1-17(2)15(20)18-9-7-13(8-10-18)16-11-12-3-5-14(19)6-4-12/h3-6,13,16,19H,7-11H2,1-2H3. The van der Waals surface area contributed by atoms with Crippen LogP contribution in [0.3, 0.4) is 0 Å². The van der Waals surface area contributed by atoms with Gasteiger partial charge in [0.2, 0.25) is 0 Å². The van der Waals surface area contributed by atoms with E-state index in [0.29, 0.717) is 11.8 Å². The number of amides is 2. The van der Waals surface area contributed by atoms with Crippen molar-refractivity contribution in [2.45, 2.75) is 25.4 Å². The Hall–Kier alpha value is -1.75. The van der Waals surface area contributed by atoms with Gasteiger partial charge < -0.3 is 20.2 Å². The highest BCUT2D eigenvalue weighted by Gasteiger charge is 2.23. The number of carbonyl (C=O) groups excluding carboxylic acids is 1. The molecule has 0 aliphatic carbocycles. The Labute approximate surface area is 120 Å². The maximum Gasteiger partial charge on any atom is 0.319 e. The zero-order chi connectivity index (χ0) is 14.5. The highest BCUT2D eigenvalue weighted by molar-refractivity contribution is 5.73. The van der Waals surface area contributed by atoms with Crippen LogP contribution in [0.5, 0.6) is 5.75 Å². The van der Waals surface area contributed by atoms with Crippen molar-refractivity contribution in [2.75, 3.05) is 27.2 Å². The van der Waals surface area contributed by atoms with E-state index in [1.165, 1.54) is 0 Å². The molecule has 1 saturated heterocycles. The molecule has 1 fully saturated rings. The van der Waals surface area contributed by atoms with Crippen molar-refractivity contribution in [1.82, 2.24) is 15.1 Å². The van der Waals surface area contributed by atoms with E-state index in [2.05, 4.69) is 5.32 Å². The van der Waals surface area contributed by atoms with Gasteiger partial charge in [-0.3, -0.25) is 0 Å². The predicted octanol–water partition coefficient (Wildman–Crippen LogP) is 1.63. The Morgan fingerprint density at radius 3 is 2.45 bits per heavy atom. The van der Waals surface area contributed by atoms with E-state index in [0.717, 1.165) is 38.0 Å². The van der Waals surface area contributed by atoms with Gasteiger partial charge in [0.15, 0.2) is 0 Å². The largest absolute Gasteiger partial charge is 0.508 e. The van der Waals surface area contributed by atoms with E-state index in [1.54, 1.807) is 31.1 Å². The lowest BCUT2D eigenvalue weighted by atomic mass is 10.0. The lowest BCUT2D eigenvalue weighted by Gasteiger charge is -2.34. The maximum absolute atomic E-state index is 11.8. The van der Waals surface area contributed by atoms with Crippen molar-refractivity contribution >= 4 is 6.03 Å². The number of piperidine rings is 1. The van der Waals surface area contributed by atoms with Crippen LogP contribution in [0.4, 0.5) is 4.79 Å². The monoisotopic (exact) mass is 277 g/mol. The quantitative estimate of drug-likeness (QED) is 0.883. The maximum atomic E-state index is 11.8. The van der Waals surface area contributed by atoms with Crippen LogP contribution in [0.2, 0.25) is 0 Å². The molecule has 1 aliphatic heterocycles. The number of phenols is 1. The second-order valence-corrected chi connectivity index (χ2v) is 5.49. The number of phenolic OH excluding ortho intramolecular Hbond substituents is 1. The Morgan fingerprint density at radius 2 is 1.90 bits per heavy atom. The molecule has 0 radical (unpaired) electrons. The van der Waals surface area contributed by atoms with Crippen molar-refractivity contribution in [3.63, 3.8) is 0 Å². The Morgan fingerprint density at radius 1 is 1.30 bits per heavy atom. The molecule has 1 heterocycles. The third kappa shape index (κ3) is 3.87. The first-order valence-corrected chi connectivity index (χ1v) is 7.04. The molecule has 0 atom stereocenters. The summed E-state index contributed by atoms with van der Waals surface area (Å²) >= 11 is 0. The zero-order valence-electron chi connectivity index (χ0n) is 12.2. The minimum absolute atomic E-state index is 0.0991. The van der Waals surface area contributed by atoms with Gasteiger partial charge in [-0.1, -0.05) is 12.1 Å². The molecule has 1 aromatic rings. The second-order valence-electron chi connectivity index (χ2n) is 5.49. The summed E-state index contributed by atoms with van der Waals surface area (Å²) in [5, 5.41) is 12.8. The van der Waals surface area contributed by atoms with Gasteiger partial charge in [-0.2, -0.15) is 0 Å². The summed E-state index contributed by atoms with van der Waals surface area (Å²) in [6, 6.07) is 7.81. The van der Waals surface area contributed by atoms with Gasteiger partial charge in [0.1, 0.15) is 5.75 Å². The summed E-state index contributed by atoms with van der Waals surface area (Å²) in [4.78, 5) is 15.4. The lowest BCUT2D eigenvalue weighted by Crippen LogP contribution is -2.47. The minimum Gasteiger partial charge on any atom is -0.508 e. The Kier molecular flexibility index (Phi) is 4.84. The fourth-order valence-corrected chi connectivity index (χ4v) is 2.43. The normalized spacial score (nSPS) is 16.2. The molecule has 5 nitrogen and oxygen atoms in total. The topological polar surface area (TPSA) is 55.8 Å². The average Bonchev–Trinajstić information content (AvgIpc) is 2.46. The molecule has 0 unspecified atom stereocenters. The molecule has 1 aromatic carbocycles. The van der Waals surface area contributed by atoms with Crippen molar-refractivity contribution < 1.29 is 9.90 Å². The Bertz CT molecular complexity index is 437. The van der Waals surface area contributed by atoms with Crippen LogP contribution in [0.25, 0.3) is 0 Å². The van der Waals surface area contributed by atoms with Crippen LogP contribution in [0.1, 0.15) is 18.4 Å². The highest BCUT2D eigenvalue weighted by atomic mass is 16.3. The second kappa shape index (κ2) is 6.61. The van der Waals surface area contributed by atoms with Crippen LogP contribution in [-0.2, 0) is 6.54 Å². The van der Waals surface area contributed by atoms with E-state index >= 15 is 0 Å². The van der Waals surface area contributed by atoms with Crippen molar-refractivity contribution in [3.8, 4) is 5.75 Å². The van der Waals surface area contributed by atoms with Crippen molar-refractivity contribution in [3.05, 3.63) is 29.8 Å². The zero-order valence-corrected chi connectivity index (χ0v) is 12.2. The summed E-state index contributed by atoms with van der Waals surface area (Å²) in [5.41, 5.74) is 1.16. The molecule has 0 bridgehead atoms. The molecule has 110 valence electrons. The van der Waals surface area contributed by atoms with Gasteiger partial charge in [0.25, 0.3) is 0 Å². The number of hydrogen-bond acceptors (Lipinski definition) is 3. The molecule has 0 spiro atoms. The first-order valence-electron chi connectivity index (χ1n) is 7.04. The van der Waals surface area contributed by atoms with E-state index in [4.69, 9.17) is 0 Å². The van der Waals surface area contributed by atoms with Gasteiger partial charge in [-0.15, -0.1) is 0 Å². The van der Waals surface area contributed by atoms with E-state index in [-0.39, 0.29) is 6.03 Å². The van der Waals surface area contributed by atoms with Gasteiger partial charge in [0.05, 0.1) is 0 Å². The number of urea groups is 1. The number of hydrogen-bond donors (Lipinski definition) is 2. The minimum atomic E-state index is 0.0991. The van der Waals surface area contributed by atoms with E-state index in [1.807, 2.05) is 17.0 Å². The lowest BCUT2D eigenvalue weighted by molar-refractivity contribution is 0.152.